The minimum Gasteiger partial charge on any atom is -0.480 e. The Morgan fingerprint density at radius 1 is 1.25 bits per heavy atom. The zero-order valence-electron chi connectivity index (χ0n) is 11.7. The molecule has 0 saturated heterocycles. The van der Waals surface area contributed by atoms with Crippen LogP contribution in [0.3, 0.4) is 0 Å². The highest BCUT2D eigenvalue weighted by molar-refractivity contribution is 6.30. The van der Waals surface area contributed by atoms with Crippen LogP contribution in [0.5, 0.6) is 0 Å². The number of amides is 1. The van der Waals surface area contributed by atoms with Crippen LogP contribution in [0.15, 0.2) is 24.3 Å². The number of aryl methyl sites for hydroxylation is 1. The Kier molecular flexibility index (Phi) is 6.52. The molecule has 0 aliphatic heterocycles. The molecular formula is C15H20ClNO3. The van der Waals surface area contributed by atoms with Gasteiger partial charge in [-0.1, -0.05) is 37.6 Å². The molecular weight excluding hydrogens is 278 g/mol. The van der Waals surface area contributed by atoms with Crippen molar-refractivity contribution < 1.29 is 14.7 Å². The fourth-order valence-corrected chi connectivity index (χ4v) is 1.99. The van der Waals surface area contributed by atoms with Crippen LogP contribution < -0.4 is 5.32 Å². The number of hydrogen-bond acceptors (Lipinski definition) is 2. The molecule has 0 radical (unpaired) electrons. The molecule has 0 aliphatic carbocycles. The summed E-state index contributed by atoms with van der Waals surface area (Å²) in [5.74, 6) is -1.01. The summed E-state index contributed by atoms with van der Waals surface area (Å²) in [4.78, 5) is 22.8. The van der Waals surface area contributed by atoms with Crippen molar-refractivity contribution in [1.82, 2.24) is 5.32 Å². The highest BCUT2D eigenvalue weighted by Gasteiger charge is 2.20. The summed E-state index contributed by atoms with van der Waals surface area (Å²) in [6, 6.07) is 6.45. The highest BCUT2D eigenvalue weighted by Crippen LogP contribution is 2.11. The van der Waals surface area contributed by atoms with Gasteiger partial charge >= 0.3 is 5.97 Å². The maximum absolute atomic E-state index is 11.8. The van der Waals surface area contributed by atoms with E-state index < -0.39 is 12.0 Å². The second-order valence-electron chi connectivity index (χ2n) is 5.21. The number of carbonyl (C=O) groups is 2. The third-order valence-corrected chi connectivity index (χ3v) is 3.15. The lowest BCUT2D eigenvalue weighted by Crippen LogP contribution is -2.41. The summed E-state index contributed by atoms with van der Waals surface area (Å²) in [7, 11) is 0. The molecule has 5 heteroatoms. The molecule has 110 valence electrons. The largest absolute Gasteiger partial charge is 0.480 e. The fourth-order valence-electron chi connectivity index (χ4n) is 1.87. The van der Waals surface area contributed by atoms with Crippen LogP contribution in [0.25, 0.3) is 0 Å². The third-order valence-electron chi connectivity index (χ3n) is 2.89. The van der Waals surface area contributed by atoms with Crippen molar-refractivity contribution >= 4 is 23.5 Å². The molecule has 0 bridgehead atoms. The molecule has 0 unspecified atom stereocenters. The van der Waals surface area contributed by atoms with Crippen LogP contribution in [-0.4, -0.2) is 23.0 Å². The van der Waals surface area contributed by atoms with E-state index in [0.29, 0.717) is 17.9 Å². The van der Waals surface area contributed by atoms with Crippen LogP contribution in [-0.2, 0) is 16.0 Å². The van der Waals surface area contributed by atoms with Gasteiger partial charge in [-0.2, -0.15) is 0 Å². The first-order valence-corrected chi connectivity index (χ1v) is 7.03. The molecule has 1 amide bonds. The first-order valence-electron chi connectivity index (χ1n) is 6.65. The average molecular weight is 298 g/mol. The standard InChI is InChI=1S/C15H20ClNO3/c1-10(2)9-13(15(19)20)17-14(18)8-5-11-3-6-12(16)7-4-11/h3-4,6-7,10,13H,5,8-9H2,1-2H3,(H,17,18)(H,19,20)/t13-/m0/s1. The van der Waals surface area contributed by atoms with E-state index in [4.69, 9.17) is 16.7 Å². The number of carbonyl (C=O) groups excluding carboxylic acids is 1. The number of carboxylic acids is 1. The quantitative estimate of drug-likeness (QED) is 0.813. The molecule has 0 saturated carbocycles. The van der Waals surface area contributed by atoms with Crippen molar-refractivity contribution in [2.75, 3.05) is 0 Å². The summed E-state index contributed by atoms with van der Waals surface area (Å²) < 4.78 is 0. The van der Waals surface area contributed by atoms with Gasteiger partial charge in [0.1, 0.15) is 6.04 Å². The van der Waals surface area contributed by atoms with Gasteiger partial charge < -0.3 is 10.4 Å². The Labute approximate surface area is 124 Å². The first-order chi connectivity index (χ1) is 9.38. The SMILES string of the molecule is CC(C)C[C@H](NC(=O)CCc1ccc(Cl)cc1)C(=O)O. The number of benzene rings is 1. The van der Waals surface area contributed by atoms with Crippen molar-refractivity contribution in [3.63, 3.8) is 0 Å². The van der Waals surface area contributed by atoms with Gasteiger partial charge in [0.2, 0.25) is 5.91 Å². The van der Waals surface area contributed by atoms with Gasteiger partial charge in [0.25, 0.3) is 0 Å². The van der Waals surface area contributed by atoms with Crippen molar-refractivity contribution in [2.24, 2.45) is 5.92 Å². The van der Waals surface area contributed by atoms with Crippen LogP contribution in [0.4, 0.5) is 0 Å². The Bertz CT molecular complexity index is 457. The summed E-state index contributed by atoms with van der Waals surface area (Å²) in [5, 5.41) is 12.3. The minimum absolute atomic E-state index is 0.215. The molecule has 0 aromatic heterocycles. The number of aliphatic carboxylic acids is 1. The molecule has 0 heterocycles. The maximum atomic E-state index is 11.8. The number of hydrogen-bond donors (Lipinski definition) is 2. The fraction of sp³-hybridized carbons (Fsp3) is 0.467. The van der Waals surface area contributed by atoms with E-state index >= 15 is 0 Å². The average Bonchev–Trinajstić information content (AvgIpc) is 2.36. The van der Waals surface area contributed by atoms with Gasteiger partial charge in [-0.05, 0) is 36.5 Å². The molecule has 4 nitrogen and oxygen atoms in total. The molecule has 2 N–H and O–H groups in total. The summed E-state index contributed by atoms with van der Waals surface area (Å²) in [5.41, 5.74) is 1.00. The van der Waals surface area contributed by atoms with Crippen molar-refractivity contribution in [3.05, 3.63) is 34.9 Å². The minimum atomic E-state index is -0.987. The lowest BCUT2D eigenvalue weighted by atomic mass is 10.0. The van der Waals surface area contributed by atoms with Gasteiger partial charge in [0, 0.05) is 11.4 Å². The lowest BCUT2D eigenvalue weighted by molar-refractivity contribution is -0.142. The molecule has 20 heavy (non-hydrogen) atoms. The Balaban J connectivity index is 2.45. The monoisotopic (exact) mass is 297 g/mol. The van der Waals surface area contributed by atoms with Gasteiger partial charge in [-0.3, -0.25) is 4.79 Å². The molecule has 1 aromatic rings. The second-order valence-corrected chi connectivity index (χ2v) is 5.65. The van der Waals surface area contributed by atoms with Gasteiger partial charge in [0.15, 0.2) is 0 Å². The number of carboxylic acid groups (broad SMARTS) is 1. The van der Waals surface area contributed by atoms with Crippen molar-refractivity contribution in [2.45, 2.75) is 39.2 Å². The topological polar surface area (TPSA) is 66.4 Å². The normalized spacial score (nSPS) is 12.2. The maximum Gasteiger partial charge on any atom is 0.326 e. The smallest absolute Gasteiger partial charge is 0.326 e. The predicted molar refractivity (Wildman–Crippen MR) is 78.8 cm³/mol. The molecule has 0 fully saturated rings. The Hall–Kier alpha value is -1.55. The van der Waals surface area contributed by atoms with Crippen LogP contribution in [0.2, 0.25) is 5.02 Å². The van der Waals surface area contributed by atoms with E-state index in [1.54, 1.807) is 12.1 Å². The zero-order chi connectivity index (χ0) is 15.1. The van der Waals surface area contributed by atoms with Crippen LogP contribution in [0.1, 0.15) is 32.3 Å². The lowest BCUT2D eigenvalue weighted by Gasteiger charge is -2.16. The van der Waals surface area contributed by atoms with E-state index in [1.165, 1.54) is 0 Å². The predicted octanol–water partition coefficient (Wildman–Crippen LogP) is 2.89. The van der Waals surface area contributed by atoms with E-state index in [0.717, 1.165) is 5.56 Å². The zero-order valence-corrected chi connectivity index (χ0v) is 12.5. The Morgan fingerprint density at radius 2 is 1.85 bits per heavy atom. The molecule has 1 atom stereocenters. The number of rotatable bonds is 7. The first kappa shape index (κ1) is 16.5. The van der Waals surface area contributed by atoms with Crippen LogP contribution >= 0.6 is 11.6 Å². The molecule has 0 spiro atoms. The second kappa shape index (κ2) is 7.90. The van der Waals surface area contributed by atoms with E-state index in [-0.39, 0.29) is 18.2 Å². The van der Waals surface area contributed by atoms with Gasteiger partial charge in [-0.25, -0.2) is 4.79 Å². The van der Waals surface area contributed by atoms with E-state index in [2.05, 4.69) is 5.32 Å². The number of halogens is 1. The number of nitrogens with one attached hydrogen (secondary N) is 1. The summed E-state index contributed by atoms with van der Waals surface area (Å²) >= 11 is 5.78. The van der Waals surface area contributed by atoms with Crippen LogP contribution in [0, 0.1) is 5.92 Å². The molecule has 0 aliphatic rings. The third kappa shape index (κ3) is 6.06. The van der Waals surface area contributed by atoms with Gasteiger partial charge in [-0.15, -0.1) is 0 Å². The summed E-state index contributed by atoms with van der Waals surface area (Å²) in [6.07, 6.45) is 1.27. The summed E-state index contributed by atoms with van der Waals surface area (Å²) in [6.45, 7) is 3.85. The molecule has 1 rings (SSSR count). The highest BCUT2D eigenvalue weighted by atomic mass is 35.5. The van der Waals surface area contributed by atoms with Crippen molar-refractivity contribution in [3.8, 4) is 0 Å². The molecule has 1 aromatic carbocycles. The Morgan fingerprint density at radius 3 is 2.35 bits per heavy atom. The van der Waals surface area contributed by atoms with Crippen molar-refractivity contribution in [1.29, 1.82) is 0 Å². The van der Waals surface area contributed by atoms with E-state index in [9.17, 15) is 9.59 Å². The van der Waals surface area contributed by atoms with Gasteiger partial charge in [0.05, 0.1) is 0 Å². The van der Waals surface area contributed by atoms with E-state index in [1.807, 2.05) is 26.0 Å².